The Morgan fingerprint density at radius 1 is 0.837 bits per heavy atom. The number of carbonyl (C=O) groups is 2. The number of likely N-dealkylation sites (N-methyl/N-ethyl adjacent to an activating group) is 1. The van der Waals surface area contributed by atoms with Gasteiger partial charge in [0.2, 0.25) is 11.5 Å². The van der Waals surface area contributed by atoms with Crippen LogP contribution in [-0.4, -0.2) is 95.8 Å². The first-order valence-electron chi connectivity index (χ1n) is 13.2. The summed E-state index contributed by atoms with van der Waals surface area (Å²) in [6.07, 6.45) is 0.634. The van der Waals surface area contributed by atoms with Crippen molar-refractivity contribution in [2.75, 3.05) is 49.7 Å². The molecule has 43 heavy (non-hydrogen) atoms. The number of ether oxygens (including phenoxy) is 8. The lowest BCUT2D eigenvalue weighted by atomic mass is 10.0. The maximum atomic E-state index is 13.4. The Morgan fingerprint density at radius 3 is 1.84 bits per heavy atom. The number of nitrogens with zero attached hydrogens (tertiary/aromatic N) is 1. The molecule has 1 fully saturated rings. The number of aliphatic hydroxyl groups is 1. The first kappa shape index (κ1) is 31.5. The molecule has 2 bridgehead atoms. The van der Waals surface area contributed by atoms with Gasteiger partial charge in [-0.05, 0) is 35.9 Å². The highest BCUT2D eigenvalue weighted by Crippen LogP contribution is 2.44. The van der Waals surface area contributed by atoms with E-state index in [0.29, 0.717) is 28.6 Å². The van der Waals surface area contributed by atoms with Crippen LogP contribution in [0.2, 0.25) is 0 Å². The van der Waals surface area contributed by atoms with E-state index in [9.17, 15) is 19.9 Å². The molecule has 1 N–H and O–H groups in total. The highest BCUT2D eigenvalue weighted by Gasteiger charge is 2.57. The predicted octanol–water partition coefficient (Wildman–Crippen LogP) is 2.86. The Kier molecular flexibility index (Phi) is 9.38. The minimum absolute atomic E-state index is 0.00522. The molecule has 0 aliphatic carbocycles. The summed E-state index contributed by atoms with van der Waals surface area (Å²) in [6, 6.07) is 5.26. The Hall–Kier alpha value is -4.46. The topological polar surface area (TPSA) is 151 Å². The SMILES string of the molecule is COc1cc(C=CC(=O)O[C@@H]2[C@H]3C[C@@H](OC(=O)c4cc(OC)c(OC)c(OC)c4)C=C([C@@H]2O)[N+]3(C)[O-])cc(OC)c1OC. The first-order valence-corrected chi connectivity index (χ1v) is 13.2. The maximum absolute atomic E-state index is 13.4. The molecule has 0 spiro atoms. The second kappa shape index (κ2) is 12.8. The number of rotatable bonds is 11. The largest absolute Gasteiger partial charge is 0.627 e. The van der Waals surface area contributed by atoms with Crippen molar-refractivity contribution in [3.63, 3.8) is 0 Å². The van der Waals surface area contributed by atoms with Crippen LogP contribution in [0.5, 0.6) is 34.5 Å². The molecule has 2 aromatic carbocycles. The fraction of sp³-hybridized carbons (Fsp3) is 0.400. The number of aliphatic hydroxyl groups excluding tert-OH is 1. The number of hydroxylamine groups is 3. The van der Waals surface area contributed by atoms with Crippen LogP contribution < -0.4 is 28.4 Å². The van der Waals surface area contributed by atoms with Crippen LogP contribution in [0.3, 0.4) is 0 Å². The summed E-state index contributed by atoms with van der Waals surface area (Å²) in [4.78, 5) is 25.9. The average molecular weight is 602 g/mol. The second-order valence-electron chi connectivity index (χ2n) is 9.88. The van der Waals surface area contributed by atoms with E-state index < -0.39 is 40.9 Å². The van der Waals surface area contributed by atoms with Gasteiger partial charge in [0.05, 0.1) is 55.3 Å². The molecule has 1 saturated heterocycles. The minimum atomic E-state index is -1.39. The smallest absolute Gasteiger partial charge is 0.339 e. The second-order valence-corrected chi connectivity index (χ2v) is 9.88. The van der Waals surface area contributed by atoms with Gasteiger partial charge >= 0.3 is 11.9 Å². The molecule has 13 heteroatoms. The van der Waals surface area contributed by atoms with Crippen molar-refractivity contribution >= 4 is 18.0 Å². The molecule has 2 aliphatic rings. The summed E-state index contributed by atoms with van der Waals surface area (Å²) >= 11 is 0. The number of benzene rings is 2. The van der Waals surface area contributed by atoms with E-state index in [-0.39, 0.29) is 29.2 Å². The van der Waals surface area contributed by atoms with Crippen LogP contribution in [0.1, 0.15) is 22.3 Å². The van der Waals surface area contributed by atoms with E-state index >= 15 is 0 Å². The van der Waals surface area contributed by atoms with Crippen LogP contribution in [0.25, 0.3) is 6.08 Å². The quantitative estimate of drug-likeness (QED) is 0.175. The summed E-state index contributed by atoms with van der Waals surface area (Å²) in [5.41, 5.74) is 0.721. The Bertz CT molecular complexity index is 1380. The molecule has 2 aromatic rings. The van der Waals surface area contributed by atoms with Crippen LogP contribution in [-0.2, 0) is 14.3 Å². The van der Waals surface area contributed by atoms with E-state index in [4.69, 9.17) is 37.9 Å². The highest BCUT2D eigenvalue weighted by atomic mass is 16.6. The lowest BCUT2D eigenvalue weighted by Gasteiger charge is -2.44. The van der Waals surface area contributed by atoms with Gasteiger partial charge in [-0.1, -0.05) is 0 Å². The third-order valence-electron chi connectivity index (χ3n) is 7.48. The monoisotopic (exact) mass is 601 g/mol. The zero-order valence-corrected chi connectivity index (χ0v) is 24.9. The third kappa shape index (κ3) is 6.05. The van der Waals surface area contributed by atoms with Crippen LogP contribution in [0.4, 0.5) is 0 Å². The lowest BCUT2D eigenvalue weighted by molar-refractivity contribution is -0.844. The Morgan fingerprint density at radius 2 is 1.35 bits per heavy atom. The first-order chi connectivity index (χ1) is 20.5. The van der Waals surface area contributed by atoms with Gasteiger partial charge in [-0.25, -0.2) is 9.59 Å². The van der Waals surface area contributed by atoms with Gasteiger partial charge in [0.25, 0.3) is 0 Å². The molecule has 2 aliphatic heterocycles. The Labute approximate surface area is 248 Å². The number of carbonyl (C=O) groups excluding carboxylic acids is 2. The van der Waals surface area contributed by atoms with Crippen LogP contribution in [0.15, 0.2) is 42.1 Å². The maximum Gasteiger partial charge on any atom is 0.339 e. The fourth-order valence-corrected chi connectivity index (χ4v) is 5.36. The summed E-state index contributed by atoms with van der Waals surface area (Å²) in [6.45, 7) is 0. The van der Waals surface area contributed by atoms with Crippen LogP contribution >= 0.6 is 0 Å². The minimum Gasteiger partial charge on any atom is -0.627 e. The van der Waals surface area contributed by atoms with E-state index in [2.05, 4.69) is 0 Å². The Balaban J connectivity index is 1.50. The number of methoxy groups -OCH3 is 6. The number of quaternary nitrogens is 1. The van der Waals surface area contributed by atoms with Gasteiger partial charge in [-0.2, -0.15) is 0 Å². The molecule has 0 amide bonds. The van der Waals surface area contributed by atoms with Gasteiger partial charge in [0.15, 0.2) is 35.2 Å². The van der Waals surface area contributed by atoms with E-state index in [1.54, 1.807) is 12.1 Å². The molecule has 4 rings (SSSR count). The normalized spacial score (nSPS) is 24.2. The number of hydrogen-bond acceptors (Lipinski definition) is 12. The van der Waals surface area contributed by atoms with Gasteiger partial charge in [0.1, 0.15) is 17.8 Å². The molecular weight excluding hydrogens is 566 g/mol. The number of hydrogen-bond donors (Lipinski definition) is 1. The molecule has 2 heterocycles. The van der Waals surface area contributed by atoms with Gasteiger partial charge in [0, 0.05) is 18.6 Å². The molecule has 0 aromatic heterocycles. The fourth-order valence-electron chi connectivity index (χ4n) is 5.36. The standard InChI is InChI=1S/C30H35NO12/c1-31(35)19-14-18(42-30(34)17-12-23(38-4)29(41-7)24(13-17)39-5)15-20(31)27(26(19)33)43-25(32)9-8-16-10-21(36-2)28(40-6)22(11-16)37-3/h8-14,18,20,26-27,33H,15H2,1-7H3/t18-,20+,26-,27+,31?/m0/s1. The van der Waals surface area contributed by atoms with Gasteiger partial charge in [-0.15, -0.1) is 0 Å². The lowest BCUT2D eigenvalue weighted by Crippen LogP contribution is -2.50. The molecular formula is C30H35NO12. The summed E-state index contributed by atoms with van der Waals surface area (Å²) in [7, 11) is 10.1. The summed E-state index contributed by atoms with van der Waals surface area (Å²) < 4.78 is 42.2. The number of fused-ring (bicyclic) bond motifs is 2. The van der Waals surface area contributed by atoms with E-state index in [1.807, 2.05) is 0 Å². The van der Waals surface area contributed by atoms with Crippen LogP contribution in [0, 0.1) is 5.21 Å². The predicted molar refractivity (Wildman–Crippen MR) is 152 cm³/mol. The molecule has 232 valence electrons. The van der Waals surface area contributed by atoms with Crippen molar-refractivity contribution in [2.24, 2.45) is 0 Å². The zero-order chi connectivity index (χ0) is 31.5. The molecule has 0 saturated carbocycles. The van der Waals surface area contributed by atoms with Crippen molar-refractivity contribution in [1.29, 1.82) is 0 Å². The van der Waals surface area contributed by atoms with E-state index in [0.717, 1.165) is 0 Å². The van der Waals surface area contributed by atoms with Crippen molar-refractivity contribution in [1.82, 2.24) is 0 Å². The molecule has 1 unspecified atom stereocenters. The van der Waals surface area contributed by atoms with Crippen molar-refractivity contribution in [2.45, 2.75) is 30.8 Å². The zero-order valence-electron chi connectivity index (χ0n) is 24.9. The van der Waals surface area contributed by atoms with Gasteiger partial charge in [-0.3, -0.25) is 0 Å². The van der Waals surface area contributed by atoms with Crippen molar-refractivity contribution < 1.29 is 57.2 Å². The summed E-state index contributed by atoms with van der Waals surface area (Å²) in [5, 5.41) is 24.4. The number of esters is 2. The van der Waals surface area contributed by atoms with Crippen molar-refractivity contribution in [3.05, 3.63) is 58.4 Å². The van der Waals surface area contributed by atoms with Gasteiger partial charge < -0.3 is 52.9 Å². The summed E-state index contributed by atoms with van der Waals surface area (Å²) in [5.74, 6) is 0.541. The highest BCUT2D eigenvalue weighted by molar-refractivity contribution is 5.91. The molecule has 5 atom stereocenters. The van der Waals surface area contributed by atoms with E-state index in [1.165, 1.54) is 80.1 Å². The molecule has 13 nitrogen and oxygen atoms in total. The molecule has 0 radical (unpaired) electrons. The average Bonchev–Trinajstić information content (AvgIpc) is 3.09. The third-order valence-corrected chi connectivity index (χ3v) is 7.48. The van der Waals surface area contributed by atoms with Crippen molar-refractivity contribution in [3.8, 4) is 34.5 Å².